The highest BCUT2D eigenvalue weighted by Gasteiger charge is 2.22. The van der Waals surface area contributed by atoms with Crippen LogP contribution in [0, 0.1) is 0 Å². The van der Waals surface area contributed by atoms with Gasteiger partial charge in [-0.3, -0.25) is 9.59 Å². The smallest absolute Gasteiger partial charge is 0.252 e. The van der Waals surface area contributed by atoms with E-state index in [1.807, 2.05) is 6.07 Å². The van der Waals surface area contributed by atoms with Gasteiger partial charge in [-0.25, -0.2) is 9.50 Å². The molecule has 1 aromatic carbocycles. The summed E-state index contributed by atoms with van der Waals surface area (Å²) in [5, 5.41) is 6.99. The number of rotatable bonds is 5. The first-order valence-corrected chi connectivity index (χ1v) is 9.66. The summed E-state index contributed by atoms with van der Waals surface area (Å²) in [6, 6.07) is 5.57. The lowest BCUT2D eigenvalue weighted by molar-refractivity contribution is -0.115. The molecule has 1 fully saturated rings. The van der Waals surface area contributed by atoms with Crippen molar-refractivity contribution in [3.8, 4) is 0 Å². The van der Waals surface area contributed by atoms with Crippen LogP contribution in [0.15, 0.2) is 36.9 Å². The lowest BCUT2D eigenvalue weighted by Gasteiger charge is -2.36. The van der Waals surface area contributed by atoms with Crippen LogP contribution in [-0.4, -0.2) is 44.0 Å². The Balaban J connectivity index is 1.58. The number of aromatic nitrogens is 4. The number of piperidine rings is 1. The van der Waals surface area contributed by atoms with Crippen molar-refractivity contribution in [3.63, 3.8) is 0 Å². The lowest BCUT2D eigenvalue weighted by atomic mass is 10.0. The Hall–Kier alpha value is -3.49. The molecule has 4 rings (SSSR count). The predicted molar refractivity (Wildman–Crippen MR) is 109 cm³/mol. The summed E-state index contributed by atoms with van der Waals surface area (Å²) in [4.78, 5) is 34.8. The van der Waals surface area contributed by atoms with E-state index in [-0.39, 0.29) is 12.3 Å². The minimum absolute atomic E-state index is 0.124. The number of anilines is 2. The van der Waals surface area contributed by atoms with Gasteiger partial charge in [-0.15, -0.1) is 0 Å². The second-order valence-corrected chi connectivity index (χ2v) is 7.33. The van der Waals surface area contributed by atoms with E-state index < -0.39 is 5.91 Å². The summed E-state index contributed by atoms with van der Waals surface area (Å²) in [6.07, 6.45) is 8.25. The molecule has 3 aromatic rings. The first-order valence-electron chi connectivity index (χ1n) is 9.66. The summed E-state index contributed by atoms with van der Waals surface area (Å²) in [5.41, 5.74) is 8.01. The summed E-state index contributed by atoms with van der Waals surface area (Å²) in [6.45, 7) is 3.08. The van der Waals surface area contributed by atoms with Crippen LogP contribution in [0.25, 0.3) is 5.78 Å². The molecule has 2 amide bonds. The fourth-order valence-corrected chi connectivity index (χ4v) is 3.73. The van der Waals surface area contributed by atoms with Crippen LogP contribution in [0.3, 0.4) is 0 Å². The van der Waals surface area contributed by atoms with Crippen LogP contribution in [0.5, 0.6) is 0 Å². The minimum atomic E-state index is -0.528. The molecule has 0 unspecified atom stereocenters. The highest BCUT2D eigenvalue weighted by Crippen LogP contribution is 2.32. The molecule has 1 aliphatic heterocycles. The number of hydrogen-bond acceptors (Lipinski definition) is 6. The number of hydrogen-bond donors (Lipinski definition) is 2. The third-order valence-corrected chi connectivity index (χ3v) is 5.22. The van der Waals surface area contributed by atoms with Crippen LogP contribution in [-0.2, 0) is 11.2 Å². The number of amides is 2. The molecular weight excluding hydrogens is 370 g/mol. The summed E-state index contributed by atoms with van der Waals surface area (Å²) < 4.78 is 1.52. The van der Waals surface area contributed by atoms with Crippen LogP contribution in [0.4, 0.5) is 11.4 Å². The van der Waals surface area contributed by atoms with Gasteiger partial charge in [-0.2, -0.15) is 10.1 Å². The van der Waals surface area contributed by atoms with E-state index in [9.17, 15) is 9.59 Å². The minimum Gasteiger partial charge on any atom is -0.367 e. The molecule has 3 heterocycles. The van der Waals surface area contributed by atoms with Gasteiger partial charge in [0.2, 0.25) is 11.8 Å². The fraction of sp³-hybridized carbons (Fsp3) is 0.350. The van der Waals surface area contributed by atoms with Crippen LogP contribution in [0.1, 0.15) is 42.1 Å². The SMILES string of the molecule is C[C@H]1CCCCN1c1ccc(C(N)=O)cc1NC(=O)Cc1cnc2ncnn2c1. The number of fused-ring (bicyclic) bond motifs is 1. The molecule has 29 heavy (non-hydrogen) atoms. The average molecular weight is 393 g/mol. The van der Waals surface area contributed by atoms with E-state index >= 15 is 0 Å². The Kier molecular flexibility index (Phi) is 5.11. The Morgan fingerprint density at radius 3 is 2.93 bits per heavy atom. The van der Waals surface area contributed by atoms with Gasteiger partial charge in [-0.1, -0.05) is 0 Å². The molecule has 0 radical (unpaired) electrons. The van der Waals surface area contributed by atoms with Crippen molar-refractivity contribution in [2.45, 2.75) is 38.6 Å². The van der Waals surface area contributed by atoms with Gasteiger partial charge >= 0.3 is 0 Å². The maximum atomic E-state index is 12.7. The van der Waals surface area contributed by atoms with Crippen molar-refractivity contribution in [2.24, 2.45) is 5.73 Å². The van der Waals surface area contributed by atoms with E-state index in [1.54, 1.807) is 24.5 Å². The summed E-state index contributed by atoms with van der Waals surface area (Å²) in [5.74, 6) is -0.261. The molecular formula is C20H23N7O2. The monoisotopic (exact) mass is 393 g/mol. The molecule has 3 N–H and O–H groups in total. The third kappa shape index (κ3) is 4.03. The van der Waals surface area contributed by atoms with E-state index in [0.717, 1.165) is 25.1 Å². The van der Waals surface area contributed by atoms with Gasteiger partial charge in [0.15, 0.2) is 0 Å². The Morgan fingerprint density at radius 1 is 1.28 bits per heavy atom. The lowest BCUT2D eigenvalue weighted by Crippen LogP contribution is -2.38. The van der Waals surface area contributed by atoms with Crippen molar-refractivity contribution in [2.75, 3.05) is 16.8 Å². The number of carbonyl (C=O) groups excluding carboxylic acids is 2. The van der Waals surface area contributed by atoms with E-state index in [1.165, 1.54) is 17.3 Å². The Morgan fingerprint density at radius 2 is 2.14 bits per heavy atom. The van der Waals surface area contributed by atoms with Gasteiger partial charge in [0.05, 0.1) is 17.8 Å². The molecule has 1 saturated heterocycles. The second kappa shape index (κ2) is 7.86. The molecule has 150 valence electrons. The molecule has 0 spiro atoms. The predicted octanol–water partition coefficient (Wildman–Crippen LogP) is 1.78. The van der Waals surface area contributed by atoms with Gasteiger partial charge in [0, 0.05) is 30.5 Å². The van der Waals surface area contributed by atoms with Crippen LogP contribution >= 0.6 is 0 Å². The standard InChI is InChI=1S/C20H23N7O2/c1-13-4-2-3-7-26(13)17-6-5-15(19(21)29)9-16(17)25-18(28)8-14-10-22-20-23-12-24-27(20)11-14/h5-6,9-13H,2-4,7-8H2,1H3,(H2,21,29)(H,25,28)/t13-/m0/s1. The number of nitrogens with two attached hydrogens (primary N) is 1. The van der Waals surface area contributed by atoms with Crippen molar-refractivity contribution in [3.05, 3.63) is 48.0 Å². The highest BCUT2D eigenvalue weighted by molar-refractivity contribution is 5.99. The van der Waals surface area contributed by atoms with Crippen LogP contribution < -0.4 is 16.0 Å². The topological polar surface area (TPSA) is 119 Å². The molecule has 9 heteroatoms. The van der Waals surface area contributed by atoms with Crippen molar-refractivity contribution < 1.29 is 9.59 Å². The zero-order valence-electron chi connectivity index (χ0n) is 16.2. The number of benzene rings is 1. The van der Waals surface area contributed by atoms with Gasteiger partial charge in [-0.05, 0) is 49.9 Å². The Bertz CT molecular complexity index is 1060. The van der Waals surface area contributed by atoms with E-state index in [0.29, 0.717) is 28.6 Å². The maximum absolute atomic E-state index is 12.7. The molecule has 2 aromatic heterocycles. The van der Waals surface area contributed by atoms with Gasteiger partial charge in [0.25, 0.3) is 5.78 Å². The van der Waals surface area contributed by atoms with Crippen LogP contribution in [0.2, 0.25) is 0 Å². The fourth-order valence-electron chi connectivity index (χ4n) is 3.73. The second-order valence-electron chi connectivity index (χ2n) is 7.33. The zero-order valence-corrected chi connectivity index (χ0v) is 16.2. The molecule has 0 saturated carbocycles. The van der Waals surface area contributed by atoms with Gasteiger partial charge in [0.1, 0.15) is 6.33 Å². The average Bonchev–Trinajstić information content (AvgIpc) is 3.16. The zero-order chi connectivity index (χ0) is 20.4. The molecule has 0 aliphatic carbocycles. The maximum Gasteiger partial charge on any atom is 0.252 e. The van der Waals surface area contributed by atoms with E-state index in [2.05, 4.69) is 32.2 Å². The quantitative estimate of drug-likeness (QED) is 0.682. The number of nitrogens with zero attached hydrogens (tertiary/aromatic N) is 5. The first kappa shape index (κ1) is 18.9. The summed E-state index contributed by atoms with van der Waals surface area (Å²) in [7, 11) is 0. The highest BCUT2D eigenvalue weighted by atomic mass is 16.2. The normalized spacial score (nSPS) is 16.7. The van der Waals surface area contributed by atoms with Crippen molar-refractivity contribution >= 4 is 29.0 Å². The molecule has 1 aliphatic rings. The molecule has 1 atom stereocenters. The molecule has 9 nitrogen and oxygen atoms in total. The number of primary amides is 1. The number of nitrogens with one attached hydrogen (secondary N) is 1. The van der Waals surface area contributed by atoms with E-state index in [4.69, 9.17) is 5.73 Å². The van der Waals surface area contributed by atoms with Gasteiger partial charge < -0.3 is 16.0 Å². The third-order valence-electron chi connectivity index (χ3n) is 5.22. The largest absolute Gasteiger partial charge is 0.367 e. The summed E-state index contributed by atoms with van der Waals surface area (Å²) >= 11 is 0. The van der Waals surface area contributed by atoms with Crippen molar-refractivity contribution in [1.82, 2.24) is 19.6 Å². The Labute approximate surface area is 167 Å². The van der Waals surface area contributed by atoms with Crippen molar-refractivity contribution in [1.29, 1.82) is 0 Å². The first-order chi connectivity index (χ1) is 14.0. The molecule has 0 bridgehead atoms. The number of carbonyl (C=O) groups is 2.